The predicted octanol–water partition coefficient (Wildman–Crippen LogP) is 3.80. The highest BCUT2D eigenvalue weighted by Gasteiger charge is 2.36. The summed E-state index contributed by atoms with van der Waals surface area (Å²) < 4.78 is 30.1. The highest BCUT2D eigenvalue weighted by atomic mass is 19.1. The van der Waals surface area contributed by atoms with Gasteiger partial charge < -0.3 is 14.2 Å². The number of hydrazone groups is 1. The molecule has 0 aromatic heterocycles. The number of rotatable bonds is 8. The van der Waals surface area contributed by atoms with Crippen LogP contribution < -0.4 is 9.47 Å². The fraction of sp³-hybridized carbons (Fsp3) is 0.444. The lowest BCUT2D eigenvalue weighted by Gasteiger charge is -2.32. The third-order valence-electron chi connectivity index (χ3n) is 6.61. The molecule has 0 radical (unpaired) electrons. The van der Waals surface area contributed by atoms with Crippen molar-refractivity contribution in [1.29, 1.82) is 0 Å². The molecule has 2 heterocycles. The molecule has 0 bridgehead atoms. The van der Waals surface area contributed by atoms with Gasteiger partial charge in [0, 0.05) is 30.2 Å². The van der Waals surface area contributed by atoms with E-state index in [0.717, 1.165) is 18.4 Å². The zero-order chi connectivity index (χ0) is 25.7. The van der Waals surface area contributed by atoms with E-state index >= 15 is 0 Å². The topological polar surface area (TPSA) is 80.7 Å². The largest absolute Gasteiger partial charge is 0.497 e. The second-order valence-corrected chi connectivity index (χ2v) is 8.95. The monoisotopic (exact) mass is 497 g/mol. The second-order valence-electron chi connectivity index (χ2n) is 8.95. The highest BCUT2D eigenvalue weighted by Crippen LogP contribution is 2.39. The quantitative estimate of drug-likeness (QED) is 0.516. The summed E-state index contributed by atoms with van der Waals surface area (Å²) in [6.07, 6.45) is 1.97. The summed E-state index contributed by atoms with van der Waals surface area (Å²) in [4.78, 5) is 27.8. The molecule has 2 aromatic rings. The van der Waals surface area contributed by atoms with Gasteiger partial charge in [0.1, 0.15) is 17.3 Å². The number of halogens is 1. The fourth-order valence-corrected chi connectivity index (χ4v) is 4.83. The van der Waals surface area contributed by atoms with Gasteiger partial charge in [0.05, 0.1) is 45.0 Å². The van der Waals surface area contributed by atoms with E-state index < -0.39 is 6.04 Å². The molecule has 4 rings (SSSR count). The number of carbonyl (C=O) groups excluding carboxylic acids is 2. The number of hydrogen-bond acceptors (Lipinski definition) is 7. The number of hydrogen-bond donors (Lipinski definition) is 0. The van der Waals surface area contributed by atoms with Gasteiger partial charge in [-0.25, -0.2) is 9.40 Å². The number of methoxy groups -OCH3 is 2. The van der Waals surface area contributed by atoms with E-state index in [9.17, 15) is 14.0 Å². The van der Waals surface area contributed by atoms with Crippen LogP contribution in [0.2, 0.25) is 0 Å². The molecule has 0 spiro atoms. The van der Waals surface area contributed by atoms with Crippen molar-refractivity contribution in [3.63, 3.8) is 0 Å². The molecule has 2 atom stereocenters. The van der Waals surface area contributed by atoms with Gasteiger partial charge in [-0.05, 0) is 50.6 Å². The molecule has 1 amide bonds. The number of piperidine rings is 1. The third kappa shape index (κ3) is 5.67. The normalized spacial score (nSPS) is 20.1. The Bertz CT molecular complexity index is 1140. The van der Waals surface area contributed by atoms with Crippen LogP contribution in [0.25, 0.3) is 0 Å². The van der Waals surface area contributed by atoms with Crippen LogP contribution in [0.15, 0.2) is 47.6 Å². The van der Waals surface area contributed by atoms with E-state index in [2.05, 4.69) is 5.10 Å². The van der Waals surface area contributed by atoms with Crippen molar-refractivity contribution in [3.05, 3.63) is 59.4 Å². The molecule has 192 valence electrons. The van der Waals surface area contributed by atoms with Crippen molar-refractivity contribution in [2.45, 2.75) is 32.2 Å². The SMILES string of the molecule is CCOC(=O)C1CCCN(CC(=O)N2N=C(c3cccc(F)c3)CC2c2ccc(OC)cc2OC)C1. The summed E-state index contributed by atoms with van der Waals surface area (Å²) in [6, 6.07) is 11.2. The number of esters is 1. The Morgan fingerprint density at radius 1 is 1.14 bits per heavy atom. The van der Waals surface area contributed by atoms with Crippen LogP contribution in [0.3, 0.4) is 0 Å². The molecule has 0 N–H and O–H groups in total. The first-order chi connectivity index (χ1) is 17.4. The summed E-state index contributed by atoms with van der Waals surface area (Å²) in [5.74, 6) is 0.187. The summed E-state index contributed by atoms with van der Waals surface area (Å²) in [7, 11) is 3.14. The van der Waals surface area contributed by atoms with Crippen LogP contribution in [0, 0.1) is 11.7 Å². The average molecular weight is 498 g/mol. The Morgan fingerprint density at radius 3 is 2.69 bits per heavy atom. The Balaban J connectivity index is 1.60. The van der Waals surface area contributed by atoms with Gasteiger partial charge in [-0.2, -0.15) is 5.10 Å². The highest BCUT2D eigenvalue weighted by molar-refractivity contribution is 6.03. The minimum atomic E-state index is -0.428. The molecule has 1 saturated heterocycles. The molecular formula is C27H32FN3O5. The van der Waals surface area contributed by atoms with Crippen molar-refractivity contribution in [1.82, 2.24) is 9.91 Å². The lowest BCUT2D eigenvalue weighted by Crippen LogP contribution is -2.44. The van der Waals surface area contributed by atoms with E-state index in [4.69, 9.17) is 14.2 Å². The lowest BCUT2D eigenvalue weighted by atomic mass is 9.97. The molecule has 36 heavy (non-hydrogen) atoms. The lowest BCUT2D eigenvalue weighted by molar-refractivity contribution is -0.150. The van der Waals surface area contributed by atoms with Gasteiger partial charge in [0.25, 0.3) is 5.91 Å². The zero-order valence-corrected chi connectivity index (χ0v) is 20.9. The van der Waals surface area contributed by atoms with Gasteiger partial charge in [0.15, 0.2) is 0 Å². The van der Waals surface area contributed by atoms with Crippen LogP contribution in [0.4, 0.5) is 4.39 Å². The van der Waals surface area contributed by atoms with Crippen LogP contribution in [0.5, 0.6) is 11.5 Å². The Morgan fingerprint density at radius 2 is 1.97 bits per heavy atom. The maximum Gasteiger partial charge on any atom is 0.310 e. The van der Waals surface area contributed by atoms with Crippen molar-refractivity contribution in [3.8, 4) is 11.5 Å². The van der Waals surface area contributed by atoms with E-state index in [1.807, 2.05) is 17.0 Å². The zero-order valence-electron chi connectivity index (χ0n) is 20.9. The number of nitrogens with zero attached hydrogens (tertiary/aromatic N) is 3. The Kier molecular flexibility index (Phi) is 8.20. The minimum Gasteiger partial charge on any atom is -0.497 e. The molecule has 0 saturated carbocycles. The van der Waals surface area contributed by atoms with E-state index in [-0.39, 0.29) is 30.2 Å². The van der Waals surface area contributed by atoms with Crippen LogP contribution >= 0.6 is 0 Å². The summed E-state index contributed by atoms with van der Waals surface area (Å²) in [5, 5.41) is 6.12. The maximum absolute atomic E-state index is 14.0. The number of benzene rings is 2. The molecular weight excluding hydrogens is 465 g/mol. The molecule has 0 aliphatic carbocycles. The summed E-state index contributed by atoms with van der Waals surface area (Å²) in [5.41, 5.74) is 2.03. The molecule has 2 aliphatic heterocycles. The smallest absolute Gasteiger partial charge is 0.310 e. The van der Waals surface area contributed by atoms with Crippen molar-refractivity contribution >= 4 is 17.6 Å². The molecule has 2 unspecified atom stereocenters. The van der Waals surface area contributed by atoms with Crippen molar-refractivity contribution in [2.75, 3.05) is 40.5 Å². The molecule has 8 nitrogen and oxygen atoms in total. The third-order valence-corrected chi connectivity index (χ3v) is 6.61. The fourth-order valence-electron chi connectivity index (χ4n) is 4.83. The van der Waals surface area contributed by atoms with Crippen LogP contribution in [-0.4, -0.2) is 68.0 Å². The first-order valence-corrected chi connectivity index (χ1v) is 12.2. The van der Waals surface area contributed by atoms with Gasteiger partial charge in [0.2, 0.25) is 0 Å². The Hall–Kier alpha value is -3.46. The first-order valence-electron chi connectivity index (χ1n) is 12.2. The van der Waals surface area contributed by atoms with Crippen molar-refractivity contribution < 1.29 is 28.2 Å². The minimum absolute atomic E-state index is 0.116. The summed E-state index contributed by atoms with van der Waals surface area (Å²) >= 11 is 0. The molecule has 2 aliphatic rings. The number of ether oxygens (including phenoxy) is 3. The van der Waals surface area contributed by atoms with E-state index in [0.29, 0.717) is 48.9 Å². The van der Waals surface area contributed by atoms with Gasteiger partial charge in [-0.3, -0.25) is 14.5 Å². The second kappa shape index (κ2) is 11.5. The van der Waals surface area contributed by atoms with Crippen molar-refractivity contribution in [2.24, 2.45) is 11.0 Å². The molecule has 1 fully saturated rings. The first kappa shape index (κ1) is 25.6. The predicted molar refractivity (Wildman–Crippen MR) is 132 cm³/mol. The standard InChI is InChI=1S/C27H32FN3O5/c1-4-36-27(33)19-8-6-12-30(16-19)17-26(32)31-24(22-11-10-21(34-2)14-25(22)35-3)15-23(29-31)18-7-5-9-20(28)13-18/h5,7,9-11,13-14,19,24H,4,6,8,12,15-17H2,1-3H3. The van der Waals surface area contributed by atoms with Gasteiger partial charge >= 0.3 is 5.97 Å². The maximum atomic E-state index is 14.0. The van der Waals surface area contributed by atoms with Crippen LogP contribution in [-0.2, 0) is 14.3 Å². The number of amides is 1. The van der Waals surface area contributed by atoms with Gasteiger partial charge in [-0.1, -0.05) is 12.1 Å². The average Bonchev–Trinajstić information content (AvgIpc) is 3.34. The van der Waals surface area contributed by atoms with Gasteiger partial charge in [-0.15, -0.1) is 0 Å². The Labute approximate surface area is 210 Å². The number of likely N-dealkylation sites (tertiary alicyclic amines) is 1. The summed E-state index contributed by atoms with van der Waals surface area (Å²) in [6.45, 7) is 3.43. The molecule has 9 heteroatoms. The molecule has 2 aromatic carbocycles. The van der Waals surface area contributed by atoms with E-state index in [1.54, 1.807) is 39.3 Å². The van der Waals surface area contributed by atoms with E-state index in [1.165, 1.54) is 17.1 Å². The van der Waals surface area contributed by atoms with Crippen LogP contribution in [0.1, 0.15) is 43.4 Å². The number of carbonyl (C=O) groups is 2.